The van der Waals surface area contributed by atoms with Gasteiger partial charge in [0.05, 0.1) is 11.4 Å². The fourth-order valence-electron chi connectivity index (χ4n) is 4.25. The highest BCUT2D eigenvalue weighted by atomic mass is 16.1. The summed E-state index contributed by atoms with van der Waals surface area (Å²) < 4.78 is 1.88. The van der Waals surface area contributed by atoms with Crippen LogP contribution in [-0.4, -0.2) is 37.7 Å². The number of aromatic amines is 1. The van der Waals surface area contributed by atoms with Gasteiger partial charge in [-0.25, -0.2) is 4.98 Å². The Morgan fingerprint density at radius 1 is 1.35 bits per heavy atom. The molecule has 2 aromatic rings. The second kappa shape index (κ2) is 5.30. The van der Waals surface area contributed by atoms with Gasteiger partial charge in [0.1, 0.15) is 5.82 Å². The molecule has 2 aliphatic rings. The first-order chi connectivity index (χ1) is 11.0. The second-order valence-corrected chi connectivity index (χ2v) is 7.03. The van der Waals surface area contributed by atoms with Crippen molar-refractivity contribution in [3.05, 3.63) is 44.9 Å². The number of H-pyrrole nitrogens is 1. The fraction of sp³-hybridized carbons (Fsp3) is 0.588. The molecule has 2 atom stereocenters. The second-order valence-electron chi connectivity index (χ2n) is 7.03. The van der Waals surface area contributed by atoms with Gasteiger partial charge in [-0.3, -0.25) is 14.4 Å². The first-order valence-electron chi connectivity index (χ1n) is 8.32. The summed E-state index contributed by atoms with van der Waals surface area (Å²) in [4.78, 5) is 22.2. The Bertz CT molecular complexity index is 806. The standard InChI is InChI=1S/C17H23N5O/c1-10-13(6-21(3)20-10)8-22-7-12-4-5-14-16(15(12)9-22)18-11(2)19-17(14)23/h6,12,15H,4-5,7-9H2,1-3H3,(H,18,19,23)/t12-,15+/m1/s1. The van der Waals surface area contributed by atoms with Crippen molar-refractivity contribution >= 4 is 0 Å². The topological polar surface area (TPSA) is 66.8 Å². The molecule has 1 fully saturated rings. The molecule has 1 saturated heterocycles. The molecular weight excluding hydrogens is 290 g/mol. The van der Waals surface area contributed by atoms with E-state index in [2.05, 4.69) is 33.1 Å². The van der Waals surface area contributed by atoms with Crippen LogP contribution in [0, 0.1) is 19.8 Å². The minimum atomic E-state index is 0.0625. The predicted octanol–water partition coefficient (Wildman–Crippen LogP) is 1.28. The fourth-order valence-corrected chi connectivity index (χ4v) is 4.25. The number of hydrogen-bond acceptors (Lipinski definition) is 4. The number of likely N-dealkylation sites (tertiary alicyclic amines) is 1. The molecule has 0 radical (unpaired) electrons. The third kappa shape index (κ3) is 2.51. The normalized spacial score (nSPS) is 23.8. The highest BCUT2D eigenvalue weighted by Crippen LogP contribution is 2.39. The van der Waals surface area contributed by atoms with Crippen molar-refractivity contribution in [2.45, 2.75) is 39.2 Å². The zero-order valence-corrected chi connectivity index (χ0v) is 14.0. The van der Waals surface area contributed by atoms with Gasteiger partial charge in [0, 0.05) is 49.9 Å². The molecule has 3 heterocycles. The number of nitrogens with one attached hydrogen (secondary N) is 1. The van der Waals surface area contributed by atoms with Crippen LogP contribution in [-0.2, 0) is 20.0 Å². The quantitative estimate of drug-likeness (QED) is 0.907. The third-order valence-electron chi connectivity index (χ3n) is 5.31. The highest BCUT2D eigenvalue weighted by molar-refractivity contribution is 5.28. The average Bonchev–Trinajstić information content (AvgIpc) is 3.02. The minimum absolute atomic E-state index is 0.0625. The molecule has 1 aliphatic carbocycles. The van der Waals surface area contributed by atoms with Crippen LogP contribution in [0.5, 0.6) is 0 Å². The summed E-state index contributed by atoms with van der Waals surface area (Å²) in [5.41, 5.74) is 4.42. The van der Waals surface area contributed by atoms with E-state index >= 15 is 0 Å². The molecule has 0 amide bonds. The maximum absolute atomic E-state index is 12.2. The van der Waals surface area contributed by atoms with Gasteiger partial charge < -0.3 is 4.98 Å². The molecule has 23 heavy (non-hydrogen) atoms. The monoisotopic (exact) mass is 313 g/mol. The summed E-state index contributed by atoms with van der Waals surface area (Å²) in [6, 6.07) is 0. The van der Waals surface area contributed by atoms with E-state index in [1.807, 2.05) is 18.7 Å². The molecule has 6 nitrogen and oxygen atoms in total. The zero-order valence-electron chi connectivity index (χ0n) is 14.0. The van der Waals surface area contributed by atoms with Crippen molar-refractivity contribution in [1.82, 2.24) is 24.6 Å². The number of nitrogens with zero attached hydrogens (tertiary/aromatic N) is 4. The van der Waals surface area contributed by atoms with Crippen molar-refractivity contribution in [1.29, 1.82) is 0 Å². The number of aryl methyl sites for hydroxylation is 3. The van der Waals surface area contributed by atoms with Crippen molar-refractivity contribution in [2.75, 3.05) is 13.1 Å². The summed E-state index contributed by atoms with van der Waals surface area (Å²) in [6.45, 7) is 6.95. The molecule has 1 aliphatic heterocycles. The van der Waals surface area contributed by atoms with Crippen LogP contribution in [0.25, 0.3) is 0 Å². The summed E-state index contributed by atoms with van der Waals surface area (Å²) >= 11 is 0. The Labute approximate surface area is 135 Å². The van der Waals surface area contributed by atoms with Gasteiger partial charge in [-0.1, -0.05) is 0 Å². The predicted molar refractivity (Wildman–Crippen MR) is 87.4 cm³/mol. The molecule has 1 N–H and O–H groups in total. The average molecular weight is 313 g/mol. The van der Waals surface area contributed by atoms with Gasteiger partial charge in [0.15, 0.2) is 0 Å². The zero-order chi connectivity index (χ0) is 16.1. The summed E-state index contributed by atoms with van der Waals surface area (Å²) in [5.74, 6) is 1.75. The van der Waals surface area contributed by atoms with Gasteiger partial charge in [-0.2, -0.15) is 5.10 Å². The van der Waals surface area contributed by atoms with E-state index in [1.54, 1.807) is 0 Å². The Hall–Kier alpha value is -1.95. The van der Waals surface area contributed by atoms with E-state index < -0.39 is 0 Å². The van der Waals surface area contributed by atoms with Crippen LogP contribution in [0.3, 0.4) is 0 Å². The van der Waals surface area contributed by atoms with E-state index in [0.717, 1.165) is 55.3 Å². The molecule has 0 aromatic carbocycles. The molecule has 0 saturated carbocycles. The van der Waals surface area contributed by atoms with E-state index in [1.165, 1.54) is 5.56 Å². The van der Waals surface area contributed by atoms with E-state index in [0.29, 0.717) is 11.8 Å². The SMILES string of the molecule is Cc1nc2c(c(=O)[nH]1)CC[C@@H]1CN(Cc3cn(C)nc3C)C[C@H]21. The minimum Gasteiger partial charge on any atom is -0.311 e. The van der Waals surface area contributed by atoms with Crippen LogP contribution >= 0.6 is 0 Å². The van der Waals surface area contributed by atoms with Crippen LogP contribution in [0.4, 0.5) is 0 Å². The Morgan fingerprint density at radius 2 is 2.17 bits per heavy atom. The molecule has 0 unspecified atom stereocenters. The van der Waals surface area contributed by atoms with Crippen LogP contribution in [0.2, 0.25) is 0 Å². The summed E-state index contributed by atoms with van der Waals surface area (Å²) in [5, 5.41) is 4.44. The van der Waals surface area contributed by atoms with E-state index in [4.69, 9.17) is 0 Å². The molecule has 122 valence electrons. The lowest BCUT2D eigenvalue weighted by Gasteiger charge is -2.25. The summed E-state index contributed by atoms with van der Waals surface area (Å²) in [7, 11) is 1.97. The lowest BCUT2D eigenvalue weighted by Crippen LogP contribution is -2.28. The smallest absolute Gasteiger partial charge is 0.254 e. The Balaban J connectivity index is 1.59. The van der Waals surface area contributed by atoms with E-state index in [9.17, 15) is 4.79 Å². The first kappa shape index (κ1) is 14.6. The molecular formula is C17H23N5O. The molecule has 6 heteroatoms. The van der Waals surface area contributed by atoms with Gasteiger partial charge in [-0.15, -0.1) is 0 Å². The lowest BCUT2D eigenvalue weighted by molar-refractivity contribution is 0.313. The first-order valence-corrected chi connectivity index (χ1v) is 8.32. The highest BCUT2D eigenvalue weighted by Gasteiger charge is 2.39. The maximum atomic E-state index is 12.2. The number of aromatic nitrogens is 4. The van der Waals surface area contributed by atoms with Gasteiger partial charge >= 0.3 is 0 Å². The molecule has 2 aromatic heterocycles. The van der Waals surface area contributed by atoms with E-state index in [-0.39, 0.29) is 5.56 Å². The largest absolute Gasteiger partial charge is 0.311 e. The molecule has 4 rings (SSSR count). The summed E-state index contributed by atoms with van der Waals surface area (Å²) in [6.07, 6.45) is 4.06. The van der Waals surface area contributed by atoms with Gasteiger partial charge in [0.2, 0.25) is 0 Å². The number of fused-ring (bicyclic) bond motifs is 3. The van der Waals surface area contributed by atoms with Crippen molar-refractivity contribution in [2.24, 2.45) is 13.0 Å². The van der Waals surface area contributed by atoms with Crippen molar-refractivity contribution < 1.29 is 0 Å². The Morgan fingerprint density at radius 3 is 2.91 bits per heavy atom. The third-order valence-corrected chi connectivity index (χ3v) is 5.31. The van der Waals surface area contributed by atoms with Gasteiger partial charge in [0.25, 0.3) is 5.56 Å². The van der Waals surface area contributed by atoms with Crippen molar-refractivity contribution in [3.8, 4) is 0 Å². The lowest BCUT2D eigenvalue weighted by atomic mass is 9.80. The molecule has 0 bridgehead atoms. The van der Waals surface area contributed by atoms with Crippen molar-refractivity contribution in [3.63, 3.8) is 0 Å². The Kier molecular flexibility index (Phi) is 3.37. The van der Waals surface area contributed by atoms with Crippen LogP contribution in [0.15, 0.2) is 11.0 Å². The molecule has 0 spiro atoms. The maximum Gasteiger partial charge on any atom is 0.254 e. The number of hydrogen-bond donors (Lipinski definition) is 1. The number of rotatable bonds is 2. The van der Waals surface area contributed by atoms with Gasteiger partial charge in [-0.05, 0) is 32.6 Å². The van der Waals surface area contributed by atoms with Crippen LogP contribution < -0.4 is 5.56 Å². The van der Waals surface area contributed by atoms with Crippen LogP contribution in [0.1, 0.15) is 40.7 Å².